The van der Waals surface area contributed by atoms with Crippen LogP contribution in [0.3, 0.4) is 0 Å². The fourth-order valence-corrected chi connectivity index (χ4v) is 2.25. The van der Waals surface area contributed by atoms with Crippen LogP contribution in [-0.2, 0) is 4.74 Å². The molecule has 4 nitrogen and oxygen atoms in total. The molecule has 0 saturated heterocycles. The summed E-state index contributed by atoms with van der Waals surface area (Å²) in [5, 5.41) is 0. The molecule has 0 aliphatic carbocycles. The maximum absolute atomic E-state index is 11.6. The number of carbonyl (C=O) groups is 1. The summed E-state index contributed by atoms with van der Waals surface area (Å²) < 4.78 is 10.5. The molecule has 3 aromatic rings. The van der Waals surface area contributed by atoms with Crippen molar-refractivity contribution in [2.75, 3.05) is 7.11 Å². The van der Waals surface area contributed by atoms with Crippen LogP contribution < -0.4 is 0 Å². The Labute approximate surface area is 122 Å². The van der Waals surface area contributed by atoms with E-state index in [1.54, 1.807) is 18.2 Å². The number of carbonyl (C=O) groups excluding carboxylic acids is 1. The van der Waals surface area contributed by atoms with Crippen LogP contribution in [0.2, 0.25) is 0 Å². The predicted octanol–water partition coefficient (Wildman–Crippen LogP) is 3.90. The van der Waals surface area contributed by atoms with Crippen molar-refractivity contribution in [3.8, 4) is 11.5 Å². The number of methoxy groups -OCH3 is 1. The number of oxazole rings is 1. The summed E-state index contributed by atoms with van der Waals surface area (Å²) in [6, 6.07) is 11.2. The average Bonchev–Trinajstić information content (AvgIpc) is 2.91. The zero-order chi connectivity index (χ0) is 15.0. The number of rotatable bonds is 2. The second kappa shape index (κ2) is 5.05. The molecule has 2 aromatic carbocycles. The first-order valence-electron chi connectivity index (χ1n) is 6.65. The van der Waals surface area contributed by atoms with Crippen LogP contribution in [-0.4, -0.2) is 18.1 Å². The average molecular weight is 281 g/mol. The van der Waals surface area contributed by atoms with Gasteiger partial charge in [0.1, 0.15) is 5.52 Å². The van der Waals surface area contributed by atoms with Gasteiger partial charge in [-0.1, -0.05) is 17.7 Å². The van der Waals surface area contributed by atoms with Crippen LogP contribution >= 0.6 is 0 Å². The molecule has 0 saturated carbocycles. The fraction of sp³-hybridized carbons (Fsp3) is 0.176. The Morgan fingerprint density at radius 2 is 1.95 bits per heavy atom. The van der Waals surface area contributed by atoms with Gasteiger partial charge in [0, 0.05) is 5.56 Å². The first-order valence-corrected chi connectivity index (χ1v) is 6.65. The molecule has 0 spiro atoms. The van der Waals surface area contributed by atoms with Crippen LogP contribution in [0.25, 0.3) is 22.6 Å². The topological polar surface area (TPSA) is 52.3 Å². The summed E-state index contributed by atoms with van der Waals surface area (Å²) in [5.74, 6) is 0.182. The lowest BCUT2D eigenvalue weighted by Crippen LogP contribution is -2.00. The number of aryl methyl sites for hydroxylation is 2. The largest absolute Gasteiger partial charge is 0.465 e. The molecule has 0 N–H and O–H groups in total. The zero-order valence-corrected chi connectivity index (χ0v) is 12.1. The van der Waals surface area contributed by atoms with Crippen LogP contribution in [0, 0.1) is 13.8 Å². The van der Waals surface area contributed by atoms with Gasteiger partial charge in [-0.2, -0.15) is 0 Å². The molecule has 4 heteroatoms. The molecular weight excluding hydrogens is 266 g/mol. The molecule has 1 aromatic heterocycles. The van der Waals surface area contributed by atoms with Crippen molar-refractivity contribution in [1.82, 2.24) is 4.98 Å². The zero-order valence-electron chi connectivity index (χ0n) is 12.1. The third-order valence-corrected chi connectivity index (χ3v) is 3.43. The lowest BCUT2D eigenvalue weighted by molar-refractivity contribution is 0.0601. The summed E-state index contributed by atoms with van der Waals surface area (Å²) in [6.07, 6.45) is 0. The Morgan fingerprint density at radius 3 is 2.71 bits per heavy atom. The first-order chi connectivity index (χ1) is 10.1. The molecule has 106 valence electrons. The molecule has 0 aliphatic rings. The number of fused-ring (bicyclic) bond motifs is 1. The lowest BCUT2D eigenvalue weighted by atomic mass is 10.1. The van der Waals surface area contributed by atoms with Gasteiger partial charge in [0.05, 0.1) is 12.7 Å². The second-order valence-corrected chi connectivity index (χ2v) is 5.01. The molecule has 0 fully saturated rings. The summed E-state index contributed by atoms with van der Waals surface area (Å²) in [4.78, 5) is 16.0. The van der Waals surface area contributed by atoms with Gasteiger partial charge in [-0.15, -0.1) is 0 Å². The monoisotopic (exact) mass is 281 g/mol. The van der Waals surface area contributed by atoms with E-state index in [1.165, 1.54) is 7.11 Å². The number of hydrogen-bond donors (Lipinski definition) is 0. The molecule has 3 rings (SSSR count). The minimum absolute atomic E-state index is 0.381. The summed E-state index contributed by atoms with van der Waals surface area (Å²) in [6.45, 7) is 4.05. The van der Waals surface area contributed by atoms with E-state index >= 15 is 0 Å². The highest BCUT2D eigenvalue weighted by Crippen LogP contribution is 2.28. The number of nitrogens with zero attached hydrogens (tertiary/aromatic N) is 1. The van der Waals surface area contributed by atoms with E-state index in [-0.39, 0.29) is 5.97 Å². The minimum Gasteiger partial charge on any atom is -0.465 e. The molecule has 0 atom stereocenters. The molecule has 21 heavy (non-hydrogen) atoms. The molecule has 1 heterocycles. The van der Waals surface area contributed by atoms with Gasteiger partial charge in [0.15, 0.2) is 5.58 Å². The molecular formula is C17H15NO3. The van der Waals surface area contributed by atoms with Crippen LogP contribution in [0.5, 0.6) is 0 Å². The molecule has 0 unspecified atom stereocenters. The first kappa shape index (κ1) is 13.4. The van der Waals surface area contributed by atoms with Gasteiger partial charge in [-0.25, -0.2) is 9.78 Å². The third-order valence-electron chi connectivity index (χ3n) is 3.43. The van der Waals surface area contributed by atoms with E-state index in [4.69, 9.17) is 9.15 Å². The van der Waals surface area contributed by atoms with Crippen molar-refractivity contribution in [1.29, 1.82) is 0 Å². The van der Waals surface area contributed by atoms with E-state index in [1.807, 2.05) is 26.0 Å². The van der Waals surface area contributed by atoms with Crippen molar-refractivity contribution in [2.24, 2.45) is 0 Å². The van der Waals surface area contributed by atoms with Gasteiger partial charge < -0.3 is 9.15 Å². The Balaban J connectivity index is 2.13. The van der Waals surface area contributed by atoms with Gasteiger partial charge in [-0.05, 0) is 43.7 Å². The van der Waals surface area contributed by atoms with Crippen molar-refractivity contribution in [3.05, 3.63) is 53.1 Å². The Hall–Kier alpha value is -2.62. The number of esters is 1. The van der Waals surface area contributed by atoms with E-state index in [0.29, 0.717) is 22.6 Å². The number of ether oxygens (including phenoxy) is 1. The van der Waals surface area contributed by atoms with Gasteiger partial charge in [0.2, 0.25) is 5.89 Å². The maximum Gasteiger partial charge on any atom is 0.337 e. The molecule has 0 bridgehead atoms. The highest BCUT2D eigenvalue weighted by molar-refractivity contribution is 5.93. The summed E-state index contributed by atoms with van der Waals surface area (Å²) in [7, 11) is 1.36. The molecule has 0 radical (unpaired) electrons. The maximum atomic E-state index is 11.6. The standard InChI is InChI=1S/C17H15NO3/c1-10-4-5-11(2)13(8-10)16-18-14-9-12(17(19)20-3)6-7-15(14)21-16/h4-9H,1-3H3. The minimum atomic E-state index is -0.381. The fourth-order valence-electron chi connectivity index (χ4n) is 2.25. The van der Waals surface area contributed by atoms with Crippen LogP contribution in [0.4, 0.5) is 0 Å². The Kier molecular flexibility index (Phi) is 3.22. The van der Waals surface area contributed by atoms with Crippen molar-refractivity contribution >= 4 is 17.1 Å². The van der Waals surface area contributed by atoms with Gasteiger partial charge in [0.25, 0.3) is 0 Å². The normalized spacial score (nSPS) is 10.8. The Morgan fingerprint density at radius 1 is 1.14 bits per heavy atom. The second-order valence-electron chi connectivity index (χ2n) is 5.01. The van der Waals surface area contributed by atoms with Crippen LogP contribution in [0.1, 0.15) is 21.5 Å². The van der Waals surface area contributed by atoms with Crippen molar-refractivity contribution in [2.45, 2.75) is 13.8 Å². The smallest absolute Gasteiger partial charge is 0.337 e. The summed E-state index contributed by atoms with van der Waals surface area (Å²) in [5.41, 5.74) is 4.97. The molecule has 0 aliphatic heterocycles. The lowest BCUT2D eigenvalue weighted by Gasteiger charge is -2.02. The van der Waals surface area contributed by atoms with Crippen molar-refractivity contribution in [3.63, 3.8) is 0 Å². The van der Waals surface area contributed by atoms with Gasteiger partial charge in [-0.3, -0.25) is 0 Å². The number of benzene rings is 2. The number of aromatic nitrogens is 1. The summed E-state index contributed by atoms with van der Waals surface area (Å²) >= 11 is 0. The Bertz CT molecular complexity index is 833. The van der Waals surface area contributed by atoms with E-state index in [9.17, 15) is 4.79 Å². The van der Waals surface area contributed by atoms with Crippen molar-refractivity contribution < 1.29 is 13.9 Å². The molecule has 0 amide bonds. The number of hydrogen-bond acceptors (Lipinski definition) is 4. The van der Waals surface area contributed by atoms with E-state index < -0.39 is 0 Å². The SMILES string of the molecule is COC(=O)c1ccc2oc(-c3cc(C)ccc3C)nc2c1. The predicted molar refractivity (Wildman–Crippen MR) is 80.3 cm³/mol. The highest BCUT2D eigenvalue weighted by Gasteiger charge is 2.13. The quantitative estimate of drug-likeness (QED) is 0.668. The third kappa shape index (κ3) is 2.40. The van der Waals surface area contributed by atoms with Gasteiger partial charge >= 0.3 is 5.97 Å². The highest BCUT2D eigenvalue weighted by atomic mass is 16.5. The van der Waals surface area contributed by atoms with E-state index in [2.05, 4.69) is 11.1 Å². The van der Waals surface area contributed by atoms with E-state index in [0.717, 1.165) is 16.7 Å². The van der Waals surface area contributed by atoms with Crippen LogP contribution in [0.15, 0.2) is 40.8 Å².